The van der Waals surface area contributed by atoms with Gasteiger partial charge in [-0.2, -0.15) is 0 Å². The summed E-state index contributed by atoms with van der Waals surface area (Å²) in [5.41, 5.74) is 2.66. The van der Waals surface area contributed by atoms with E-state index in [9.17, 15) is 13.2 Å². The number of hydrogen-bond donors (Lipinski definition) is 2. The number of sulfone groups is 1. The van der Waals surface area contributed by atoms with Crippen molar-refractivity contribution in [3.63, 3.8) is 0 Å². The SMILES string of the molecule is O=C1CC2(CCS(=O)(=O)CC2)NN1CCO. The Hall–Kier alpha value is -0.660. The second-order valence-corrected chi connectivity index (χ2v) is 6.79. The molecule has 0 aliphatic carbocycles. The highest BCUT2D eigenvalue weighted by Crippen LogP contribution is 2.31. The fourth-order valence-electron chi connectivity index (χ4n) is 2.27. The number of aliphatic hydroxyl groups excluding tert-OH is 1. The van der Waals surface area contributed by atoms with Crippen LogP contribution in [0.5, 0.6) is 0 Å². The van der Waals surface area contributed by atoms with Crippen LogP contribution in [0.2, 0.25) is 0 Å². The lowest BCUT2D eigenvalue weighted by Crippen LogP contribution is -2.51. The van der Waals surface area contributed by atoms with E-state index in [1.165, 1.54) is 5.01 Å². The summed E-state index contributed by atoms with van der Waals surface area (Å²) in [5, 5.41) is 10.2. The summed E-state index contributed by atoms with van der Waals surface area (Å²) in [6.07, 6.45) is 1.29. The molecule has 92 valence electrons. The Kier molecular flexibility index (Phi) is 2.93. The number of nitrogens with zero attached hydrogens (tertiary/aromatic N) is 1. The minimum absolute atomic E-state index is 0.0617. The van der Waals surface area contributed by atoms with Crippen molar-refractivity contribution in [3.05, 3.63) is 0 Å². The van der Waals surface area contributed by atoms with Crippen LogP contribution in [-0.2, 0) is 14.6 Å². The van der Waals surface area contributed by atoms with E-state index in [0.717, 1.165) is 0 Å². The Morgan fingerprint density at radius 1 is 1.38 bits per heavy atom. The lowest BCUT2D eigenvalue weighted by Gasteiger charge is -2.33. The summed E-state index contributed by atoms with van der Waals surface area (Å²) in [4.78, 5) is 11.6. The van der Waals surface area contributed by atoms with Crippen molar-refractivity contribution in [3.8, 4) is 0 Å². The molecule has 0 aromatic carbocycles. The Labute approximate surface area is 94.5 Å². The highest BCUT2D eigenvalue weighted by Gasteiger charge is 2.45. The predicted molar refractivity (Wildman–Crippen MR) is 57.2 cm³/mol. The molecule has 16 heavy (non-hydrogen) atoms. The molecule has 2 N–H and O–H groups in total. The predicted octanol–water partition coefficient (Wildman–Crippen LogP) is -1.34. The molecule has 6 nitrogen and oxygen atoms in total. The van der Waals surface area contributed by atoms with Gasteiger partial charge in [-0.15, -0.1) is 0 Å². The van der Waals surface area contributed by atoms with Crippen molar-refractivity contribution in [2.24, 2.45) is 0 Å². The van der Waals surface area contributed by atoms with Gasteiger partial charge >= 0.3 is 0 Å². The smallest absolute Gasteiger partial charge is 0.238 e. The van der Waals surface area contributed by atoms with Crippen molar-refractivity contribution in [1.82, 2.24) is 10.4 Å². The molecule has 7 heteroatoms. The quantitative estimate of drug-likeness (QED) is 0.632. The van der Waals surface area contributed by atoms with E-state index in [0.29, 0.717) is 19.3 Å². The average molecular weight is 248 g/mol. The van der Waals surface area contributed by atoms with E-state index < -0.39 is 15.4 Å². The average Bonchev–Trinajstić information content (AvgIpc) is 2.51. The fourth-order valence-corrected chi connectivity index (χ4v) is 3.88. The third kappa shape index (κ3) is 2.21. The zero-order chi connectivity index (χ0) is 11.8. The van der Waals surface area contributed by atoms with Gasteiger partial charge in [-0.25, -0.2) is 13.8 Å². The molecule has 2 heterocycles. The zero-order valence-electron chi connectivity index (χ0n) is 8.98. The highest BCUT2D eigenvalue weighted by atomic mass is 32.2. The molecule has 2 saturated heterocycles. The third-order valence-corrected chi connectivity index (χ3v) is 4.92. The van der Waals surface area contributed by atoms with Crippen LogP contribution in [0.25, 0.3) is 0 Å². The van der Waals surface area contributed by atoms with E-state index in [2.05, 4.69) is 5.43 Å². The summed E-state index contributed by atoms with van der Waals surface area (Å²) in [5.74, 6) is 0.217. The molecule has 0 radical (unpaired) electrons. The maximum absolute atomic E-state index is 11.6. The topological polar surface area (TPSA) is 86.7 Å². The van der Waals surface area contributed by atoms with Crippen LogP contribution < -0.4 is 5.43 Å². The maximum atomic E-state index is 11.6. The van der Waals surface area contributed by atoms with Gasteiger partial charge in [0.25, 0.3) is 0 Å². The number of hydrazine groups is 1. The molecular weight excluding hydrogens is 232 g/mol. The fraction of sp³-hybridized carbons (Fsp3) is 0.889. The van der Waals surface area contributed by atoms with Gasteiger partial charge in [-0.05, 0) is 12.8 Å². The van der Waals surface area contributed by atoms with Gasteiger partial charge in [0.05, 0.1) is 24.7 Å². The normalized spacial score (nSPS) is 27.6. The van der Waals surface area contributed by atoms with Crippen molar-refractivity contribution in [2.75, 3.05) is 24.7 Å². The Balaban J connectivity index is 2.04. The Morgan fingerprint density at radius 2 is 2.00 bits per heavy atom. The number of rotatable bonds is 2. The largest absolute Gasteiger partial charge is 0.394 e. The van der Waals surface area contributed by atoms with Crippen LogP contribution >= 0.6 is 0 Å². The number of carbonyl (C=O) groups is 1. The second-order valence-electron chi connectivity index (χ2n) is 4.49. The van der Waals surface area contributed by atoms with Crippen molar-refractivity contribution >= 4 is 15.7 Å². The van der Waals surface area contributed by atoms with E-state index >= 15 is 0 Å². The lowest BCUT2D eigenvalue weighted by atomic mass is 9.91. The summed E-state index contributed by atoms with van der Waals surface area (Å²) in [6, 6.07) is 0. The summed E-state index contributed by atoms with van der Waals surface area (Å²) in [7, 11) is -2.91. The van der Waals surface area contributed by atoms with Crippen molar-refractivity contribution in [2.45, 2.75) is 24.8 Å². The summed E-state index contributed by atoms with van der Waals surface area (Å²) >= 11 is 0. The minimum Gasteiger partial charge on any atom is -0.394 e. The molecule has 1 amide bonds. The molecule has 0 atom stereocenters. The van der Waals surface area contributed by atoms with Gasteiger partial charge in [0, 0.05) is 12.0 Å². The van der Waals surface area contributed by atoms with Gasteiger partial charge in [-0.3, -0.25) is 9.80 Å². The first-order chi connectivity index (χ1) is 7.46. The maximum Gasteiger partial charge on any atom is 0.238 e. The highest BCUT2D eigenvalue weighted by molar-refractivity contribution is 7.91. The first-order valence-corrected chi connectivity index (χ1v) is 7.18. The molecule has 1 spiro atoms. The van der Waals surface area contributed by atoms with Gasteiger partial charge in [0.15, 0.2) is 0 Å². The number of carbonyl (C=O) groups excluding carboxylic acids is 1. The molecule has 2 fully saturated rings. The van der Waals surface area contributed by atoms with Crippen LogP contribution in [-0.4, -0.2) is 54.6 Å². The molecule has 0 saturated carbocycles. The van der Waals surface area contributed by atoms with E-state index in [1.807, 2.05) is 0 Å². The second kappa shape index (κ2) is 3.97. The molecule has 2 aliphatic heterocycles. The Morgan fingerprint density at radius 3 is 2.56 bits per heavy atom. The van der Waals surface area contributed by atoms with Crippen molar-refractivity contribution < 1.29 is 18.3 Å². The molecule has 2 rings (SSSR count). The van der Waals surface area contributed by atoms with Crippen LogP contribution in [0.4, 0.5) is 0 Å². The number of β-amino-alcohol motifs (C(OH)–C–C–N with tert-alkyl or cyclic N) is 1. The van der Waals surface area contributed by atoms with Crippen LogP contribution in [0.3, 0.4) is 0 Å². The van der Waals surface area contributed by atoms with Gasteiger partial charge in [0.2, 0.25) is 5.91 Å². The van der Waals surface area contributed by atoms with Crippen LogP contribution in [0.15, 0.2) is 0 Å². The number of hydrogen-bond acceptors (Lipinski definition) is 5. The molecule has 0 aromatic heterocycles. The molecular formula is C9H16N2O4S. The molecule has 0 unspecified atom stereocenters. The summed E-state index contributed by atoms with van der Waals surface area (Å²) in [6.45, 7) is 0.167. The number of nitrogens with one attached hydrogen (secondary N) is 1. The van der Waals surface area contributed by atoms with E-state index in [1.54, 1.807) is 0 Å². The first-order valence-electron chi connectivity index (χ1n) is 5.36. The first kappa shape index (κ1) is 11.8. The standard InChI is InChI=1S/C9H16N2O4S/c12-4-3-11-8(13)7-9(10-11)1-5-16(14,15)6-2-9/h10,12H,1-7H2. The summed E-state index contributed by atoms with van der Waals surface area (Å²) < 4.78 is 22.6. The number of amides is 1. The van der Waals surface area contributed by atoms with E-state index in [4.69, 9.17) is 5.11 Å². The monoisotopic (exact) mass is 248 g/mol. The van der Waals surface area contributed by atoms with Gasteiger partial charge in [0.1, 0.15) is 9.84 Å². The lowest BCUT2D eigenvalue weighted by molar-refractivity contribution is -0.130. The van der Waals surface area contributed by atoms with E-state index in [-0.39, 0.29) is 30.6 Å². The Bertz CT molecular complexity index is 378. The molecule has 0 aromatic rings. The zero-order valence-corrected chi connectivity index (χ0v) is 9.79. The number of aliphatic hydroxyl groups is 1. The van der Waals surface area contributed by atoms with Crippen LogP contribution in [0, 0.1) is 0 Å². The van der Waals surface area contributed by atoms with Gasteiger partial charge in [-0.1, -0.05) is 0 Å². The van der Waals surface area contributed by atoms with Crippen molar-refractivity contribution in [1.29, 1.82) is 0 Å². The minimum atomic E-state index is -2.91. The van der Waals surface area contributed by atoms with Crippen LogP contribution in [0.1, 0.15) is 19.3 Å². The third-order valence-electron chi connectivity index (χ3n) is 3.27. The molecule has 0 bridgehead atoms. The molecule has 2 aliphatic rings. The van der Waals surface area contributed by atoms with Gasteiger partial charge < -0.3 is 5.11 Å².